The SMILES string of the molecule is CCCCC(O)N(C)CC.CSNc1cccc(OCCN2CCOCC2)c1. The molecular formula is C21H39N3O3S. The van der Waals surface area contributed by atoms with Crippen molar-refractivity contribution < 1.29 is 14.6 Å². The van der Waals surface area contributed by atoms with Gasteiger partial charge in [-0.25, -0.2) is 0 Å². The Morgan fingerprint density at radius 3 is 2.71 bits per heavy atom. The summed E-state index contributed by atoms with van der Waals surface area (Å²) in [6.45, 7) is 10.5. The zero-order valence-electron chi connectivity index (χ0n) is 18.0. The lowest BCUT2D eigenvalue weighted by Crippen LogP contribution is -2.38. The summed E-state index contributed by atoms with van der Waals surface area (Å²) in [6, 6.07) is 8.05. The van der Waals surface area contributed by atoms with Crippen LogP contribution in [-0.4, -0.2) is 80.4 Å². The van der Waals surface area contributed by atoms with Crippen LogP contribution in [0, 0.1) is 0 Å². The summed E-state index contributed by atoms with van der Waals surface area (Å²) in [5.41, 5.74) is 1.08. The minimum atomic E-state index is -0.232. The maximum Gasteiger partial charge on any atom is 0.121 e. The zero-order chi connectivity index (χ0) is 20.6. The van der Waals surface area contributed by atoms with E-state index in [0.29, 0.717) is 0 Å². The van der Waals surface area contributed by atoms with E-state index in [9.17, 15) is 5.11 Å². The Morgan fingerprint density at radius 1 is 1.32 bits per heavy atom. The molecule has 1 aliphatic rings. The maximum absolute atomic E-state index is 9.37. The van der Waals surface area contributed by atoms with Crippen LogP contribution in [0.2, 0.25) is 0 Å². The number of nitrogens with one attached hydrogen (secondary N) is 1. The van der Waals surface area contributed by atoms with E-state index >= 15 is 0 Å². The smallest absolute Gasteiger partial charge is 0.121 e. The van der Waals surface area contributed by atoms with Crippen LogP contribution in [0.3, 0.4) is 0 Å². The maximum atomic E-state index is 9.37. The van der Waals surface area contributed by atoms with E-state index in [4.69, 9.17) is 9.47 Å². The normalized spacial score (nSPS) is 15.6. The lowest BCUT2D eigenvalue weighted by molar-refractivity contribution is 0.0177. The van der Waals surface area contributed by atoms with E-state index in [0.717, 1.165) is 76.7 Å². The van der Waals surface area contributed by atoms with Crippen molar-refractivity contribution >= 4 is 17.6 Å². The Balaban J connectivity index is 0.000000336. The standard InChI is InChI=1S/C13H20N2O2S.C8H19NO/c1-18-14-12-3-2-4-13(11-12)17-10-7-15-5-8-16-9-6-15;1-4-6-7-8(10)9(3)5-2/h2-4,11,14H,5-10H2,1H3;8,10H,4-7H2,1-3H3. The van der Waals surface area contributed by atoms with Gasteiger partial charge in [0.05, 0.1) is 13.2 Å². The molecule has 28 heavy (non-hydrogen) atoms. The van der Waals surface area contributed by atoms with Gasteiger partial charge in [-0.05, 0) is 38.6 Å². The molecule has 2 rings (SSSR count). The molecule has 1 heterocycles. The van der Waals surface area contributed by atoms with Gasteiger partial charge >= 0.3 is 0 Å². The molecule has 1 aliphatic heterocycles. The van der Waals surface area contributed by atoms with Gasteiger partial charge in [-0.3, -0.25) is 9.80 Å². The van der Waals surface area contributed by atoms with Crippen molar-refractivity contribution in [3.05, 3.63) is 24.3 Å². The van der Waals surface area contributed by atoms with E-state index in [2.05, 4.69) is 23.5 Å². The molecule has 162 valence electrons. The third-order valence-electron chi connectivity index (χ3n) is 4.66. The van der Waals surface area contributed by atoms with Gasteiger partial charge < -0.3 is 19.3 Å². The number of unbranched alkanes of at least 4 members (excludes halogenated alkanes) is 1. The summed E-state index contributed by atoms with van der Waals surface area (Å²) in [5.74, 6) is 0.919. The number of benzene rings is 1. The van der Waals surface area contributed by atoms with Crippen molar-refractivity contribution in [1.29, 1.82) is 0 Å². The van der Waals surface area contributed by atoms with E-state index in [-0.39, 0.29) is 6.23 Å². The van der Waals surface area contributed by atoms with Crippen LogP contribution in [-0.2, 0) is 4.74 Å². The summed E-state index contributed by atoms with van der Waals surface area (Å²) in [7, 11) is 1.94. The minimum Gasteiger partial charge on any atom is -0.492 e. The molecule has 1 aromatic carbocycles. The monoisotopic (exact) mass is 413 g/mol. The van der Waals surface area contributed by atoms with Gasteiger partial charge in [-0.15, -0.1) is 0 Å². The van der Waals surface area contributed by atoms with Gasteiger partial charge in [0.25, 0.3) is 0 Å². The first kappa shape index (κ1) is 25.0. The Morgan fingerprint density at radius 2 is 2.07 bits per heavy atom. The van der Waals surface area contributed by atoms with Gasteiger partial charge in [0, 0.05) is 37.6 Å². The number of anilines is 1. The van der Waals surface area contributed by atoms with Crippen LogP contribution in [0.5, 0.6) is 5.75 Å². The highest BCUT2D eigenvalue weighted by molar-refractivity contribution is 7.99. The molecule has 0 amide bonds. The average Bonchev–Trinajstić information content (AvgIpc) is 2.73. The molecule has 1 atom stereocenters. The fourth-order valence-corrected chi connectivity index (χ4v) is 3.07. The first-order valence-corrected chi connectivity index (χ1v) is 11.5. The fraction of sp³-hybridized carbons (Fsp3) is 0.714. The summed E-state index contributed by atoms with van der Waals surface area (Å²) in [5, 5.41) is 9.37. The molecule has 1 aromatic rings. The van der Waals surface area contributed by atoms with Crippen molar-refractivity contribution in [2.45, 2.75) is 39.3 Å². The van der Waals surface area contributed by atoms with Crippen LogP contribution < -0.4 is 9.46 Å². The van der Waals surface area contributed by atoms with Crippen molar-refractivity contribution in [3.63, 3.8) is 0 Å². The summed E-state index contributed by atoms with van der Waals surface area (Å²) < 4.78 is 14.3. The number of aliphatic hydroxyl groups excluding tert-OH is 1. The van der Waals surface area contributed by atoms with Crippen molar-refractivity contribution in [1.82, 2.24) is 9.80 Å². The number of aliphatic hydroxyl groups is 1. The average molecular weight is 414 g/mol. The van der Waals surface area contributed by atoms with Gasteiger partial charge in [0.1, 0.15) is 18.6 Å². The first-order valence-electron chi connectivity index (χ1n) is 10.3. The van der Waals surface area contributed by atoms with Crippen LogP contribution >= 0.6 is 11.9 Å². The highest BCUT2D eigenvalue weighted by Gasteiger charge is 2.09. The molecule has 0 bridgehead atoms. The molecule has 0 radical (unpaired) electrons. The highest BCUT2D eigenvalue weighted by Crippen LogP contribution is 2.19. The molecule has 7 heteroatoms. The predicted octanol–water partition coefficient (Wildman–Crippen LogP) is 3.53. The quantitative estimate of drug-likeness (QED) is 0.425. The Bertz CT molecular complexity index is 502. The molecule has 0 aliphatic carbocycles. The second-order valence-electron chi connectivity index (χ2n) is 6.83. The van der Waals surface area contributed by atoms with Crippen LogP contribution in [0.25, 0.3) is 0 Å². The highest BCUT2D eigenvalue weighted by atomic mass is 32.2. The minimum absolute atomic E-state index is 0.232. The third kappa shape index (κ3) is 11.1. The number of rotatable bonds is 11. The zero-order valence-corrected chi connectivity index (χ0v) is 18.8. The largest absolute Gasteiger partial charge is 0.492 e. The summed E-state index contributed by atoms with van der Waals surface area (Å²) in [6.07, 6.45) is 4.96. The molecule has 0 saturated carbocycles. The second-order valence-corrected chi connectivity index (χ2v) is 7.44. The molecule has 1 saturated heterocycles. The predicted molar refractivity (Wildman–Crippen MR) is 120 cm³/mol. The molecule has 1 fully saturated rings. The lowest BCUT2D eigenvalue weighted by Gasteiger charge is -2.26. The van der Waals surface area contributed by atoms with Gasteiger partial charge in [0.2, 0.25) is 0 Å². The molecule has 6 nitrogen and oxygen atoms in total. The fourth-order valence-electron chi connectivity index (χ4n) is 2.70. The number of hydrogen-bond donors (Lipinski definition) is 2. The third-order valence-corrected chi connectivity index (χ3v) is 5.10. The number of morpholine rings is 1. The summed E-state index contributed by atoms with van der Waals surface area (Å²) >= 11 is 1.58. The molecule has 0 aromatic heterocycles. The van der Waals surface area contributed by atoms with Crippen LogP contribution in [0.4, 0.5) is 5.69 Å². The molecule has 1 unspecified atom stereocenters. The molecule has 0 spiro atoms. The van der Waals surface area contributed by atoms with E-state index in [1.165, 1.54) is 0 Å². The number of hydrogen-bond acceptors (Lipinski definition) is 7. The van der Waals surface area contributed by atoms with Crippen LogP contribution in [0.15, 0.2) is 24.3 Å². The Kier molecular flexibility index (Phi) is 14.2. The second kappa shape index (κ2) is 15.9. The van der Waals surface area contributed by atoms with Gasteiger partial charge in [-0.1, -0.05) is 38.3 Å². The van der Waals surface area contributed by atoms with Gasteiger partial charge in [-0.2, -0.15) is 0 Å². The topological polar surface area (TPSA) is 57.2 Å². The molecular weight excluding hydrogens is 374 g/mol. The van der Waals surface area contributed by atoms with Gasteiger partial charge in [0.15, 0.2) is 0 Å². The summed E-state index contributed by atoms with van der Waals surface area (Å²) in [4.78, 5) is 4.32. The van der Waals surface area contributed by atoms with Crippen LogP contribution in [0.1, 0.15) is 33.1 Å². The Labute approximate surface area is 175 Å². The molecule has 2 N–H and O–H groups in total. The number of nitrogens with zero attached hydrogens (tertiary/aromatic N) is 2. The first-order chi connectivity index (χ1) is 13.6. The number of ether oxygens (including phenoxy) is 2. The van der Waals surface area contributed by atoms with E-state index < -0.39 is 0 Å². The van der Waals surface area contributed by atoms with Crippen molar-refractivity contribution in [3.8, 4) is 5.75 Å². The lowest BCUT2D eigenvalue weighted by atomic mass is 10.2. The van der Waals surface area contributed by atoms with Crippen molar-refractivity contribution in [2.24, 2.45) is 0 Å². The Hall–Kier alpha value is -0.990. The van der Waals surface area contributed by atoms with E-state index in [1.807, 2.05) is 42.5 Å². The van der Waals surface area contributed by atoms with Crippen molar-refractivity contribution in [2.75, 3.05) is 64.0 Å². The van der Waals surface area contributed by atoms with E-state index in [1.54, 1.807) is 11.9 Å².